The van der Waals surface area contributed by atoms with E-state index in [4.69, 9.17) is 9.84 Å². The first kappa shape index (κ1) is 14.9. The highest BCUT2D eigenvalue weighted by Crippen LogP contribution is 2.22. The van der Waals surface area contributed by atoms with Crippen LogP contribution in [0.5, 0.6) is 0 Å². The molecule has 0 radical (unpaired) electrons. The second-order valence-electron chi connectivity index (χ2n) is 5.38. The molecule has 0 bridgehead atoms. The molecule has 110 valence electrons. The molecule has 5 heteroatoms. The third kappa shape index (κ3) is 3.35. The van der Waals surface area contributed by atoms with E-state index < -0.39 is 11.8 Å². The van der Waals surface area contributed by atoms with Gasteiger partial charge in [0.2, 0.25) is 0 Å². The van der Waals surface area contributed by atoms with Crippen LogP contribution in [0.15, 0.2) is 18.2 Å². The molecule has 1 saturated heterocycles. The number of carboxylic acids is 1. The van der Waals surface area contributed by atoms with E-state index in [2.05, 4.69) is 11.8 Å². The topological polar surface area (TPSA) is 49.8 Å². The van der Waals surface area contributed by atoms with E-state index in [0.717, 1.165) is 19.5 Å². The summed E-state index contributed by atoms with van der Waals surface area (Å²) in [5, 5.41) is 9.16. The summed E-state index contributed by atoms with van der Waals surface area (Å²) in [7, 11) is 1.69. The van der Waals surface area contributed by atoms with Gasteiger partial charge in [-0.1, -0.05) is 6.92 Å². The summed E-state index contributed by atoms with van der Waals surface area (Å²) in [6.07, 6.45) is 1.14. The van der Waals surface area contributed by atoms with Gasteiger partial charge < -0.3 is 9.84 Å². The van der Waals surface area contributed by atoms with Gasteiger partial charge in [0.05, 0.1) is 11.7 Å². The highest BCUT2D eigenvalue weighted by molar-refractivity contribution is 5.89. The average molecular weight is 281 g/mol. The lowest BCUT2D eigenvalue weighted by molar-refractivity contribution is -0.00755. The van der Waals surface area contributed by atoms with Crippen molar-refractivity contribution >= 4 is 5.97 Å². The summed E-state index contributed by atoms with van der Waals surface area (Å²) in [6.45, 7) is 4.20. The molecule has 1 heterocycles. The average Bonchev–Trinajstić information content (AvgIpc) is 2.40. The molecule has 0 saturated carbocycles. The summed E-state index contributed by atoms with van der Waals surface area (Å²) in [5.41, 5.74) is 0.681. The van der Waals surface area contributed by atoms with Crippen LogP contribution in [0.1, 0.15) is 29.3 Å². The van der Waals surface area contributed by atoms with E-state index in [0.29, 0.717) is 18.0 Å². The standard InChI is InChI=1S/C15H20FNO3/c1-10-5-6-17(9-14(10)20-2)8-11-7-12(16)3-4-13(11)15(18)19/h3-4,7,10,14H,5-6,8-9H2,1-2H3,(H,18,19). The lowest BCUT2D eigenvalue weighted by atomic mass is 9.95. The predicted octanol–water partition coefficient (Wildman–Crippen LogP) is 2.38. The zero-order valence-corrected chi connectivity index (χ0v) is 11.8. The van der Waals surface area contributed by atoms with E-state index in [9.17, 15) is 9.18 Å². The summed E-state index contributed by atoms with van der Waals surface area (Å²) >= 11 is 0. The minimum atomic E-state index is -1.02. The van der Waals surface area contributed by atoms with Crippen molar-refractivity contribution in [2.24, 2.45) is 5.92 Å². The van der Waals surface area contributed by atoms with Crippen LogP contribution in [0.25, 0.3) is 0 Å². The van der Waals surface area contributed by atoms with Crippen molar-refractivity contribution in [3.63, 3.8) is 0 Å². The number of methoxy groups -OCH3 is 1. The maximum atomic E-state index is 13.3. The largest absolute Gasteiger partial charge is 0.478 e. The Labute approximate surface area is 118 Å². The van der Waals surface area contributed by atoms with E-state index in [1.54, 1.807) is 7.11 Å². The van der Waals surface area contributed by atoms with E-state index in [1.807, 2.05) is 0 Å². The van der Waals surface area contributed by atoms with Crippen molar-refractivity contribution in [2.75, 3.05) is 20.2 Å². The van der Waals surface area contributed by atoms with Crippen molar-refractivity contribution in [3.05, 3.63) is 35.1 Å². The third-order valence-corrected chi connectivity index (χ3v) is 3.97. The zero-order valence-electron chi connectivity index (χ0n) is 11.8. The van der Waals surface area contributed by atoms with E-state index in [1.165, 1.54) is 18.2 Å². The van der Waals surface area contributed by atoms with Crippen molar-refractivity contribution in [1.82, 2.24) is 4.90 Å². The third-order valence-electron chi connectivity index (χ3n) is 3.97. The molecule has 1 aliphatic rings. The Hall–Kier alpha value is -1.46. The minimum Gasteiger partial charge on any atom is -0.478 e. The Kier molecular flexibility index (Phi) is 4.73. The number of benzene rings is 1. The Morgan fingerprint density at radius 1 is 1.55 bits per heavy atom. The summed E-state index contributed by atoms with van der Waals surface area (Å²) in [5.74, 6) is -0.935. The number of nitrogens with zero attached hydrogens (tertiary/aromatic N) is 1. The Morgan fingerprint density at radius 2 is 2.30 bits per heavy atom. The summed E-state index contributed by atoms with van der Waals surface area (Å²) < 4.78 is 18.8. The molecule has 0 amide bonds. The van der Waals surface area contributed by atoms with Gasteiger partial charge in [-0.15, -0.1) is 0 Å². The Morgan fingerprint density at radius 3 is 2.95 bits per heavy atom. The fourth-order valence-corrected chi connectivity index (χ4v) is 2.69. The molecular weight excluding hydrogens is 261 g/mol. The monoisotopic (exact) mass is 281 g/mol. The molecule has 4 nitrogen and oxygen atoms in total. The van der Waals surface area contributed by atoms with Gasteiger partial charge in [0.25, 0.3) is 0 Å². The van der Waals surface area contributed by atoms with Gasteiger partial charge in [0.1, 0.15) is 5.82 Å². The minimum absolute atomic E-state index is 0.144. The smallest absolute Gasteiger partial charge is 0.336 e. The molecule has 20 heavy (non-hydrogen) atoms. The second-order valence-corrected chi connectivity index (χ2v) is 5.38. The summed E-state index contributed by atoms with van der Waals surface area (Å²) in [4.78, 5) is 13.3. The number of aromatic carboxylic acids is 1. The van der Waals surface area contributed by atoms with Crippen LogP contribution in [0.3, 0.4) is 0 Å². The molecule has 1 N–H and O–H groups in total. The quantitative estimate of drug-likeness (QED) is 0.920. The second kappa shape index (κ2) is 6.33. The highest BCUT2D eigenvalue weighted by atomic mass is 19.1. The first-order valence-corrected chi connectivity index (χ1v) is 6.78. The van der Waals surface area contributed by atoms with Crippen LogP contribution in [0.2, 0.25) is 0 Å². The predicted molar refractivity (Wildman–Crippen MR) is 73.2 cm³/mol. The van der Waals surface area contributed by atoms with Gasteiger partial charge in [0.15, 0.2) is 0 Å². The van der Waals surface area contributed by atoms with Gasteiger partial charge in [-0.25, -0.2) is 9.18 Å². The lowest BCUT2D eigenvalue weighted by Crippen LogP contribution is -2.43. The molecule has 1 aromatic rings. The molecule has 0 aromatic heterocycles. The van der Waals surface area contributed by atoms with Crippen molar-refractivity contribution in [2.45, 2.75) is 26.0 Å². The summed E-state index contributed by atoms with van der Waals surface area (Å²) in [6, 6.07) is 3.82. The molecule has 1 fully saturated rings. The van der Waals surface area contributed by atoms with Crippen LogP contribution in [-0.4, -0.2) is 42.3 Å². The number of carboxylic acid groups (broad SMARTS) is 1. The molecule has 0 aliphatic carbocycles. The van der Waals surface area contributed by atoms with Gasteiger partial charge >= 0.3 is 5.97 Å². The number of rotatable bonds is 4. The number of ether oxygens (including phenoxy) is 1. The van der Waals surface area contributed by atoms with Gasteiger partial charge in [0, 0.05) is 20.2 Å². The normalized spacial score (nSPS) is 23.8. The molecular formula is C15H20FNO3. The van der Waals surface area contributed by atoms with Crippen molar-refractivity contribution < 1.29 is 19.0 Å². The van der Waals surface area contributed by atoms with Gasteiger partial charge in [-0.2, -0.15) is 0 Å². The highest BCUT2D eigenvalue weighted by Gasteiger charge is 2.26. The van der Waals surface area contributed by atoms with Crippen LogP contribution < -0.4 is 0 Å². The van der Waals surface area contributed by atoms with Crippen LogP contribution in [0.4, 0.5) is 4.39 Å². The zero-order chi connectivity index (χ0) is 14.7. The van der Waals surface area contributed by atoms with Crippen molar-refractivity contribution in [1.29, 1.82) is 0 Å². The molecule has 1 aliphatic heterocycles. The van der Waals surface area contributed by atoms with E-state index >= 15 is 0 Å². The first-order valence-electron chi connectivity index (χ1n) is 6.78. The lowest BCUT2D eigenvalue weighted by Gasteiger charge is -2.36. The molecule has 2 rings (SSSR count). The molecule has 2 unspecified atom stereocenters. The number of carbonyl (C=O) groups is 1. The molecule has 2 atom stereocenters. The number of hydrogen-bond acceptors (Lipinski definition) is 3. The maximum absolute atomic E-state index is 13.3. The molecule has 0 spiro atoms. The van der Waals surface area contributed by atoms with Crippen LogP contribution in [-0.2, 0) is 11.3 Å². The Balaban J connectivity index is 2.13. The Bertz CT molecular complexity index is 492. The SMILES string of the molecule is COC1CN(Cc2cc(F)ccc2C(=O)O)CCC1C. The number of likely N-dealkylation sites (tertiary alicyclic amines) is 1. The fraction of sp³-hybridized carbons (Fsp3) is 0.533. The van der Waals surface area contributed by atoms with Crippen molar-refractivity contribution in [3.8, 4) is 0 Å². The van der Waals surface area contributed by atoms with Crippen LogP contribution in [0, 0.1) is 11.7 Å². The molecule has 1 aromatic carbocycles. The number of piperidine rings is 1. The maximum Gasteiger partial charge on any atom is 0.336 e. The van der Waals surface area contributed by atoms with Gasteiger partial charge in [-0.3, -0.25) is 4.90 Å². The fourth-order valence-electron chi connectivity index (χ4n) is 2.69. The van der Waals surface area contributed by atoms with E-state index in [-0.39, 0.29) is 11.7 Å². The first-order chi connectivity index (χ1) is 9.51. The van der Waals surface area contributed by atoms with Gasteiger partial charge in [-0.05, 0) is 42.6 Å². The number of halogens is 1. The van der Waals surface area contributed by atoms with Crippen LogP contribution >= 0.6 is 0 Å². The number of hydrogen-bond donors (Lipinski definition) is 1.